The molecule has 0 amide bonds. The van der Waals surface area contributed by atoms with Crippen LogP contribution in [0, 0.1) is 0 Å². The van der Waals surface area contributed by atoms with Gasteiger partial charge in [0.15, 0.2) is 0 Å². The van der Waals surface area contributed by atoms with E-state index in [0.29, 0.717) is 13.1 Å². The van der Waals surface area contributed by atoms with Crippen molar-refractivity contribution >= 4 is 0 Å². The first-order valence-electron chi connectivity index (χ1n) is 10.7. The summed E-state index contributed by atoms with van der Waals surface area (Å²) >= 11 is 0. The average Bonchev–Trinajstić information content (AvgIpc) is 2.55. The van der Waals surface area contributed by atoms with Gasteiger partial charge >= 0.3 is 0 Å². The molecule has 0 aromatic heterocycles. The van der Waals surface area contributed by atoms with Crippen molar-refractivity contribution in [2.24, 2.45) is 0 Å². The van der Waals surface area contributed by atoms with E-state index < -0.39 is 0 Å². The Balaban J connectivity index is 3.47. The summed E-state index contributed by atoms with van der Waals surface area (Å²) in [5, 5.41) is 19.4. The van der Waals surface area contributed by atoms with Crippen LogP contribution in [0.5, 0.6) is 0 Å². The van der Waals surface area contributed by atoms with Crippen LogP contribution < -0.4 is 0 Å². The van der Waals surface area contributed by atoms with Crippen LogP contribution in [0.2, 0.25) is 0 Å². The summed E-state index contributed by atoms with van der Waals surface area (Å²) < 4.78 is 0. The fourth-order valence-electron chi connectivity index (χ4n) is 3.23. The van der Waals surface area contributed by atoms with Crippen molar-refractivity contribution < 1.29 is 10.2 Å². The van der Waals surface area contributed by atoms with Gasteiger partial charge in [0, 0.05) is 13.1 Å². The van der Waals surface area contributed by atoms with Gasteiger partial charge in [0.05, 0.1) is 12.2 Å². The third kappa shape index (κ3) is 16.7. The van der Waals surface area contributed by atoms with Crippen LogP contribution >= 0.6 is 0 Å². The fourth-order valence-corrected chi connectivity index (χ4v) is 3.23. The predicted molar refractivity (Wildman–Crippen MR) is 105 cm³/mol. The minimum atomic E-state index is -0.314. The Bertz CT molecular complexity index is 246. The Morgan fingerprint density at radius 1 is 0.667 bits per heavy atom. The van der Waals surface area contributed by atoms with E-state index in [1.54, 1.807) is 0 Å². The smallest absolute Gasteiger partial charge is 0.0664 e. The Labute approximate surface area is 151 Å². The Kier molecular flexibility index (Phi) is 17.6. The molecule has 3 nitrogen and oxygen atoms in total. The largest absolute Gasteiger partial charge is 0.392 e. The maximum Gasteiger partial charge on any atom is 0.0664 e. The van der Waals surface area contributed by atoms with E-state index in [1.807, 2.05) is 13.8 Å². The maximum atomic E-state index is 9.81. The topological polar surface area (TPSA) is 43.7 Å². The van der Waals surface area contributed by atoms with Crippen molar-refractivity contribution in [3.63, 3.8) is 0 Å². The second kappa shape index (κ2) is 17.7. The molecular formula is C21H45NO2. The molecule has 0 spiro atoms. The first-order valence-corrected chi connectivity index (χ1v) is 10.7. The monoisotopic (exact) mass is 343 g/mol. The molecule has 0 fully saturated rings. The minimum absolute atomic E-state index is 0.263. The number of hydrogen-bond acceptors (Lipinski definition) is 3. The fraction of sp³-hybridized carbons (Fsp3) is 1.00. The number of aliphatic hydroxyl groups is 2. The molecule has 0 rings (SSSR count). The van der Waals surface area contributed by atoms with E-state index in [4.69, 9.17) is 0 Å². The molecule has 0 bridgehead atoms. The second-order valence-corrected chi connectivity index (χ2v) is 7.56. The lowest BCUT2D eigenvalue weighted by atomic mass is 10.1. The van der Waals surface area contributed by atoms with Crippen molar-refractivity contribution in [3.05, 3.63) is 0 Å². The van der Waals surface area contributed by atoms with E-state index >= 15 is 0 Å². The third-order valence-electron chi connectivity index (χ3n) is 4.79. The van der Waals surface area contributed by atoms with Crippen LogP contribution in [0.3, 0.4) is 0 Å². The van der Waals surface area contributed by atoms with Crippen molar-refractivity contribution in [1.29, 1.82) is 0 Å². The summed E-state index contributed by atoms with van der Waals surface area (Å²) in [5.41, 5.74) is 0. The summed E-state index contributed by atoms with van der Waals surface area (Å²) in [4.78, 5) is 2.22. The van der Waals surface area contributed by atoms with Crippen molar-refractivity contribution in [1.82, 2.24) is 4.90 Å². The van der Waals surface area contributed by atoms with Crippen LogP contribution in [0.4, 0.5) is 0 Å². The summed E-state index contributed by atoms with van der Waals surface area (Å²) in [5.74, 6) is 0. The van der Waals surface area contributed by atoms with Gasteiger partial charge in [-0.25, -0.2) is 0 Å². The Hall–Kier alpha value is -0.120. The van der Waals surface area contributed by atoms with E-state index in [-0.39, 0.29) is 12.2 Å². The molecule has 24 heavy (non-hydrogen) atoms. The zero-order valence-corrected chi connectivity index (χ0v) is 16.8. The average molecular weight is 344 g/mol. The van der Waals surface area contributed by atoms with Gasteiger partial charge in [0.2, 0.25) is 0 Å². The van der Waals surface area contributed by atoms with E-state index in [2.05, 4.69) is 11.8 Å². The number of unbranched alkanes of at least 4 members (excludes halogenated alkanes) is 11. The number of rotatable bonds is 18. The van der Waals surface area contributed by atoms with Crippen LogP contribution in [0.15, 0.2) is 0 Å². The normalized spacial score (nSPS) is 14.2. The summed E-state index contributed by atoms with van der Waals surface area (Å²) in [7, 11) is 0. The third-order valence-corrected chi connectivity index (χ3v) is 4.79. The number of nitrogens with zero attached hydrogens (tertiary/aromatic N) is 1. The zero-order chi connectivity index (χ0) is 18.0. The summed E-state index contributed by atoms with van der Waals surface area (Å²) in [6.07, 6.45) is 16.6. The second-order valence-electron chi connectivity index (χ2n) is 7.56. The highest BCUT2D eigenvalue weighted by Gasteiger charge is 2.12. The Morgan fingerprint density at radius 3 is 1.54 bits per heavy atom. The number of hydrogen-bond donors (Lipinski definition) is 2. The lowest BCUT2D eigenvalue weighted by Gasteiger charge is -2.25. The zero-order valence-electron chi connectivity index (χ0n) is 16.8. The Morgan fingerprint density at radius 2 is 1.12 bits per heavy atom. The van der Waals surface area contributed by atoms with Gasteiger partial charge in [0.25, 0.3) is 0 Å². The lowest BCUT2D eigenvalue weighted by molar-refractivity contribution is 0.0732. The van der Waals surface area contributed by atoms with Crippen LogP contribution in [-0.2, 0) is 0 Å². The molecule has 2 atom stereocenters. The molecule has 2 unspecified atom stereocenters. The minimum Gasteiger partial charge on any atom is -0.392 e. The maximum absolute atomic E-state index is 9.81. The molecule has 0 aromatic carbocycles. The van der Waals surface area contributed by atoms with Crippen molar-refractivity contribution in [2.75, 3.05) is 19.6 Å². The molecule has 146 valence electrons. The highest BCUT2D eigenvalue weighted by atomic mass is 16.3. The highest BCUT2D eigenvalue weighted by Crippen LogP contribution is 2.12. The van der Waals surface area contributed by atoms with Gasteiger partial charge in [0.1, 0.15) is 0 Å². The van der Waals surface area contributed by atoms with Crippen molar-refractivity contribution in [2.45, 2.75) is 116 Å². The standard InChI is InChI=1S/C21H45NO2/c1-4-6-7-8-9-10-11-12-13-14-15-16-17-22(18-20(3)23)19-21(24)5-2/h20-21,23-24H,4-19H2,1-3H3. The predicted octanol–water partition coefficient (Wildman–Crippen LogP) is 5.14. The van der Waals surface area contributed by atoms with Crippen molar-refractivity contribution in [3.8, 4) is 0 Å². The lowest BCUT2D eigenvalue weighted by Crippen LogP contribution is -2.37. The first kappa shape index (κ1) is 23.9. The van der Waals surface area contributed by atoms with Gasteiger partial charge in [-0.3, -0.25) is 4.90 Å². The molecule has 3 heteroatoms. The molecule has 0 aliphatic heterocycles. The summed E-state index contributed by atoms with van der Waals surface area (Å²) in [6, 6.07) is 0. The molecule has 0 aliphatic rings. The van der Waals surface area contributed by atoms with E-state index in [0.717, 1.165) is 13.0 Å². The van der Waals surface area contributed by atoms with Gasteiger partial charge < -0.3 is 10.2 Å². The van der Waals surface area contributed by atoms with E-state index in [9.17, 15) is 10.2 Å². The number of aliphatic hydroxyl groups excluding tert-OH is 2. The highest BCUT2D eigenvalue weighted by molar-refractivity contribution is 4.66. The first-order chi connectivity index (χ1) is 11.6. The van der Waals surface area contributed by atoms with E-state index in [1.165, 1.54) is 77.0 Å². The molecular weight excluding hydrogens is 298 g/mol. The molecule has 0 saturated heterocycles. The van der Waals surface area contributed by atoms with Gasteiger partial charge in [-0.1, -0.05) is 84.5 Å². The van der Waals surface area contributed by atoms with Gasteiger partial charge in [-0.05, 0) is 26.3 Å². The quantitative estimate of drug-likeness (QED) is 0.339. The van der Waals surface area contributed by atoms with Gasteiger partial charge in [-0.2, -0.15) is 0 Å². The summed E-state index contributed by atoms with van der Waals surface area (Å²) in [6.45, 7) is 8.48. The van der Waals surface area contributed by atoms with Crippen LogP contribution in [-0.4, -0.2) is 47.0 Å². The molecule has 0 aliphatic carbocycles. The molecule has 0 saturated carbocycles. The molecule has 0 aromatic rings. The molecule has 0 radical (unpaired) electrons. The van der Waals surface area contributed by atoms with Gasteiger partial charge in [-0.15, -0.1) is 0 Å². The molecule has 0 heterocycles. The molecule has 2 N–H and O–H groups in total. The van der Waals surface area contributed by atoms with Crippen LogP contribution in [0.1, 0.15) is 104 Å². The SMILES string of the molecule is CCCCCCCCCCCCCCN(CC(C)O)CC(O)CC. The van der Waals surface area contributed by atoms with Crippen LogP contribution in [0.25, 0.3) is 0 Å².